The van der Waals surface area contributed by atoms with Gasteiger partial charge in [-0.15, -0.1) is 11.3 Å². The van der Waals surface area contributed by atoms with E-state index in [0.717, 1.165) is 10.4 Å². The van der Waals surface area contributed by atoms with Crippen LogP contribution >= 0.6 is 11.3 Å². The molecule has 0 aliphatic carbocycles. The highest BCUT2D eigenvalue weighted by Gasteiger charge is 2.16. The van der Waals surface area contributed by atoms with Crippen molar-refractivity contribution in [1.82, 2.24) is 10.1 Å². The van der Waals surface area contributed by atoms with Crippen molar-refractivity contribution < 1.29 is 14.4 Å². The number of ether oxygens (including phenoxy) is 1. The normalized spacial score (nSPS) is 10.8. The maximum atomic E-state index is 9.60. The van der Waals surface area contributed by atoms with E-state index in [1.807, 2.05) is 13.0 Å². The van der Waals surface area contributed by atoms with Crippen LogP contribution in [-0.2, 0) is 0 Å². The molecule has 0 saturated carbocycles. The molecule has 0 saturated heterocycles. The number of phenolic OH excluding ortho intramolecular Hbond substituents is 1. The summed E-state index contributed by atoms with van der Waals surface area (Å²) in [6, 6.07) is 6.77. The van der Waals surface area contributed by atoms with Gasteiger partial charge < -0.3 is 20.1 Å². The topological polar surface area (TPSA) is 94.4 Å². The van der Waals surface area contributed by atoms with Crippen LogP contribution in [0.15, 0.2) is 28.8 Å². The number of phenols is 1. The molecule has 3 rings (SSSR count). The Hall–Kier alpha value is -2.54. The molecule has 0 unspecified atom stereocenters. The second kappa shape index (κ2) is 5.10. The van der Waals surface area contributed by atoms with E-state index in [1.54, 1.807) is 12.1 Å². The van der Waals surface area contributed by atoms with Gasteiger partial charge in [0.05, 0.1) is 17.7 Å². The summed E-state index contributed by atoms with van der Waals surface area (Å²) >= 11 is 1.47. The number of rotatable bonds is 3. The fraction of sp³-hybridized carbons (Fsp3) is 0.143. The van der Waals surface area contributed by atoms with Crippen LogP contribution in [0.2, 0.25) is 0 Å². The van der Waals surface area contributed by atoms with E-state index >= 15 is 0 Å². The minimum absolute atomic E-state index is 0.0580. The quantitative estimate of drug-likeness (QED) is 0.772. The lowest BCUT2D eigenvalue weighted by atomic mass is 10.2. The van der Waals surface area contributed by atoms with Gasteiger partial charge in [-0.2, -0.15) is 4.98 Å². The smallest absolute Gasteiger partial charge is 0.261 e. The number of aryl methyl sites for hydroxylation is 1. The third-order valence-electron chi connectivity index (χ3n) is 2.98. The number of nitrogens with two attached hydrogens (primary N) is 1. The Morgan fingerprint density at radius 1 is 1.33 bits per heavy atom. The van der Waals surface area contributed by atoms with E-state index < -0.39 is 0 Å². The number of aromatic nitrogens is 2. The lowest BCUT2D eigenvalue weighted by Crippen LogP contribution is -1.87. The van der Waals surface area contributed by atoms with Crippen LogP contribution in [-0.4, -0.2) is 22.4 Å². The highest BCUT2D eigenvalue weighted by atomic mass is 32.1. The third kappa shape index (κ3) is 2.43. The number of hydrogen-bond donors (Lipinski definition) is 2. The summed E-state index contributed by atoms with van der Waals surface area (Å²) in [6.45, 7) is 1.96. The van der Waals surface area contributed by atoms with E-state index in [1.165, 1.54) is 24.5 Å². The van der Waals surface area contributed by atoms with Crippen LogP contribution in [0, 0.1) is 6.92 Å². The van der Waals surface area contributed by atoms with Gasteiger partial charge in [0.25, 0.3) is 5.89 Å². The first-order valence-corrected chi connectivity index (χ1v) is 6.97. The molecule has 0 radical (unpaired) electrons. The molecule has 0 spiro atoms. The van der Waals surface area contributed by atoms with E-state index in [2.05, 4.69) is 10.1 Å². The molecule has 2 heterocycles. The van der Waals surface area contributed by atoms with Crippen LogP contribution in [0.3, 0.4) is 0 Å². The minimum atomic E-state index is 0.0580. The summed E-state index contributed by atoms with van der Waals surface area (Å²) in [6.07, 6.45) is 0. The summed E-state index contributed by atoms with van der Waals surface area (Å²) in [5, 5.41) is 14.2. The zero-order chi connectivity index (χ0) is 15.0. The van der Waals surface area contributed by atoms with Crippen molar-refractivity contribution in [2.24, 2.45) is 0 Å². The predicted molar refractivity (Wildman–Crippen MR) is 80.4 cm³/mol. The standard InChI is InChI=1S/C14H13N3O3S/c1-7-5-9(12(15)21-7)14-16-13(17-20-14)8-3-4-10(18)11(6-8)19-2/h3-6,18H,15H2,1-2H3. The summed E-state index contributed by atoms with van der Waals surface area (Å²) < 4.78 is 10.3. The Morgan fingerprint density at radius 3 is 2.81 bits per heavy atom. The van der Waals surface area contributed by atoms with Gasteiger partial charge in [0.1, 0.15) is 0 Å². The van der Waals surface area contributed by atoms with Gasteiger partial charge in [0, 0.05) is 10.4 Å². The van der Waals surface area contributed by atoms with Crippen LogP contribution in [0.5, 0.6) is 11.5 Å². The summed E-state index contributed by atoms with van der Waals surface area (Å²) in [4.78, 5) is 5.42. The van der Waals surface area contributed by atoms with E-state index in [4.69, 9.17) is 15.0 Å². The molecule has 2 aromatic heterocycles. The Labute approximate surface area is 124 Å². The number of nitrogens with zero attached hydrogens (tertiary/aromatic N) is 2. The van der Waals surface area contributed by atoms with Gasteiger partial charge in [-0.25, -0.2) is 0 Å². The second-order valence-corrected chi connectivity index (χ2v) is 5.73. The fourth-order valence-electron chi connectivity index (χ4n) is 1.97. The van der Waals surface area contributed by atoms with Crippen LogP contribution in [0.4, 0.5) is 5.00 Å². The molecule has 0 atom stereocenters. The molecule has 0 amide bonds. The summed E-state index contributed by atoms with van der Waals surface area (Å²) in [5.41, 5.74) is 7.35. The van der Waals surface area contributed by atoms with Crippen LogP contribution in [0.1, 0.15) is 4.88 Å². The summed E-state index contributed by atoms with van der Waals surface area (Å²) in [5.74, 6) is 1.19. The number of thiophene rings is 1. The Balaban J connectivity index is 2.00. The van der Waals surface area contributed by atoms with Gasteiger partial charge in [0.2, 0.25) is 5.82 Å². The van der Waals surface area contributed by atoms with E-state index in [-0.39, 0.29) is 5.75 Å². The lowest BCUT2D eigenvalue weighted by molar-refractivity contribution is 0.373. The third-order valence-corrected chi connectivity index (χ3v) is 3.86. The highest BCUT2D eigenvalue weighted by Crippen LogP contribution is 2.35. The fourth-order valence-corrected chi connectivity index (χ4v) is 2.75. The largest absolute Gasteiger partial charge is 0.504 e. The zero-order valence-corrected chi connectivity index (χ0v) is 12.3. The SMILES string of the molecule is COc1cc(-c2noc(-c3cc(C)sc3N)n2)ccc1O. The van der Waals surface area contributed by atoms with Crippen molar-refractivity contribution >= 4 is 16.3 Å². The average Bonchev–Trinajstić information content (AvgIpc) is 3.06. The van der Waals surface area contributed by atoms with Crippen molar-refractivity contribution in [3.05, 3.63) is 29.1 Å². The first kappa shape index (κ1) is 13.4. The molecule has 7 heteroatoms. The lowest BCUT2D eigenvalue weighted by Gasteiger charge is -2.03. The molecule has 3 aromatic rings. The second-order valence-electron chi connectivity index (χ2n) is 4.44. The first-order chi connectivity index (χ1) is 10.1. The molecule has 6 nitrogen and oxygen atoms in total. The van der Waals surface area contributed by atoms with Crippen molar-refractivity contribution in [3.63, 3.8) is 0 Å². The molecule has 21 heavy (non-hydrogen) atoms. The average molecular weight is 303 g/mol. The minimum Gasteiger partial charge on any atom is -0.504 e. The molecule has 0 fully saturated rings. The van der Waals surface area contributed by atoms with Gasteiger partial charge in [0.15, 0.2) is 11.5 Å². The van der Waals surface area contributed by atoms with Crippen molar-refractivity contribution in [2.45, 2.75) is 6.92 Å². The zero-order valence-electron chi connectivity index (χ0n) is 11.5. The Morgan fingerprint density at radius 2 is 2.14 bits per heavy atom. The van der Waals surface area contributed by atoms with Gasteiger partial charge >= 0.3 is 0 Å². The number of anilines is 1. The molecule has 3 N–H and O–H groups in total. The molecule has 108 valence electrons. The number of benzene rings is 1. The van der Waals surface area contributed by atoms with Crippen molar-refractivity contribution in [2.75, 3.05) is 12.8 Å². The molecular weight excluding hydrogens is 290 g/mol. The highest BCUT2D eigenvalue weighted by molar-refractivity contribution is 7.16. The maximum absolute atomic E-state index is 9.60. The van der Waals surface area contributed by atoms with Crippen molar-refractivity contribution in [3.8, 4) is 34.3 Å². The summed E-state index contributed by atoms with van der Waals surface area (Å²) in [7, 11) is 1.48. The predicted octanol–water partition coefficient (Wildman–Crippen LogP) is 3.07. The number of aromatic hydroxyl groups is 1. The van der Waals surface area contributed by atoms with Gasteiger partial charge in [-0.05, 0) is 31.2 Å². The van der Waals surface area contributed by atoms with E-state index in [0.29, 0.717) is 28.0 Å². The number of methoxy groups -OCH3 is 1. The van der Waals surface area contributed by atoms with Gasteiger partial charge in [-0.1, -0.05) is 5.16 Å². The van der Waals surface area contributed by atoms with E-state index in [9.17, 15) is 5.11 Å². The molecule has 0 bridgehead atoms. The monoisotopic (exact) mass is 303 g/mol. The molecule has 1 aromatic carbocycles. The first-order valence-electron chi connectivity index (χ1n) is 6.16. The molecule has 0 aliphatic rings. The maximum Gasteiger partial charge on any atom is 0.261 e. The Kier molecular flexibility index (Phi) is 3.26. The van der Waals surface area contributed by atoms with Crippen LogP contribution in [0.25, 0.3) is 22.8 Å². The van der Waals surface area contributed by atoms with Crippen molar-refractivity contribution in [1.29, 1.82) is 0 Å². The van der Waals surface area contributed by atoms with Crippen LogP contribution < -0.4 is 10.5 Å². The number of hydrogen-bond acceptors (Lipinski definition) is 7. The van der Waals surface area contributed by atoms with Gasteiger partial charge in [-0.3, -0.25) is 0 Å². The molecule has 0 aliphatic heterocycles. The number of nitrogen functional groups attached to an aromatic ring is 1. The molecular formula is C14H13N3O3S. The Bertz CT molecular complexity index is 795.